The molecule has 2 aromatic rings. The van der Waals surface area contributed by atoms with E-state index in [9.17, 15) is 9.59 Å². The van der Waals surface area contributed by atoms with Gasteiger partial charge in [-0.05, 0) is 43.5 Å². The number of anilines is 2. The third kappa shape index (κ3) is 2.42. The van der Waals surface area contributed by atoms with E-state index in [0.29, 0.717) is 17.1 Å². The van der Waals surface area contributed by atoms with Crippen molar-refractivity contribution >= 4 is 23.2 Å². The van der Waals surface area contributed by atoms with E-state index >= 15 is 0 Å². The van der Waals surface area contributed by atoms with Crippen LogP contribution in [0.5, 0.6) is 5.75 Å². The van der Waals surface area contributed by atoms with Gasteiger partial charge < -0.3 is 15.4 Å². The number of hydrogen-bond acceptors (Lipinski definition) is 3. The molecule has 0 saturated heterocycles. The minimum atomic E-state index is -0.509. The molecule has 0 spiro atoms. The second-order valence-corrected chi connectivity index (χ2v) is 6.36. The van der Waals surface area contributed by atoms with Gasteiger partial charge in [0.15, 0.2) is 6.10 Å². The number of carbonyl (C=O) groups excluding carboxylic acids is 2. The second-order valence-electron chi connectivity index (χ2n) is 6.36. The van der Waals surface area contributed by atoms with E-state index in [1.807, 2.05) is 30.3 Å². The van der Waals surface area contributed by atoms with E-state index in [4.69, 9.17) is 4.74 Å². The van der Waals surface area contributed by atoms with Gasteiger partial charge in [-0.15, -0.1) is 0 Å². The molecule has 1 fully saturated rings. The molecule has 0 radical (unpaired) electrons. The largest absolute Gasteiger partial charge is 0.479 e. The number of rotatable bonds is 3. The monoisotopic (exact) mass is 322 g/mol. The standard InChI is InChI=1S/C19H18N2O3/c1-12-17(22)21-15-11-14(7-8-16(15)24-12)20-18(23)19(9-10-19)13-5-3-2-4-6-13/h2-8,11-12H,9-10H2,1H3,(H,20,23)(H,21,22). The highest BCUT2D eigenvalue weighted by Gasteiger charge is 2.51. The van der Waals surface area contributed by atoms with Crippen LogP contribution in [0.25, 0.3) is 0 Å². The van der Waals surface area contributed by atoms with E-state index in [-0.39, 0.29) is 11.8 Å². The molecule has 5 nitrogen and oxygen atoms in total. The average molecular weight is 322 g/mol. The van der Waals surface area contributed by atoms with Crippen molar-refractivity contribution in [1.29, 1.82) is 0 Å². The van der Waals surface area contributed by atoms with Crippen molar-refractivity contribution in [2.75, 3.05) is 10.6 Å². The van der Waals surface area contributed by atoms with Gasteiger partial charge in [-0.1, -0.05) is 30.3 Å². The molecule has 1 saturated carbocycles. The highest BCUT2D eigenvalue weighted by atomic mass is 16.5. The summed E-state index contributed by atoms with van der Waals surface area (Å²) in [5, 5.41) is 5.77. The lowest BCUT2D eigenvalue weighted by Gasteiger charge is -2.24. The third-order valence-electron chi connectivity index (χ3n) is 4.68. The molecule has 1 aliphatic heterocycles. The molecule has 0 bridgehead atoms. The molecule has 2 aromatic carbocycles. The number of amides is 2. The number of nitrogens with one attached hydrogen (secondary N) is 2. The molecule has 122 valence electrons. The maximum absolute atomic E-state index is 12.8. The number of benzene rings is 2. The Bertz CT molecular complexity index is 813. The first-order valence-corrected chi connectivity index (χ1v) is 8.07. The third-order valence-corrected chi connectivity index (χ3v) is 4.68. The summed E-state index contributed by atoms with van der Waals surface area (Å²) in [4.78, 5) is 24.5. The van der Waals surface area contributed by atoms with Gasteiger partial charge in [-0.3, -0.25) is 9.59 Å². The van der Waals surface area contributed by atoms with Crippen molar-refractivity contribution in [3.63, 3.8) is 0 Å². The van der Waals surface area contributed by atoms with Gasteiger partial charge in [-0.2, -0.15) is 0 Å². The van der Waals surface area contributed by atoms with Gasteiger partial charge in [0.1, 0.15) is 5.75 Å². The van der Waals surface area contributed by atoms with Crippen molar-refractivity contribution in [3.8, 4) is 5.75 Å². The first-order valence-electron chi connectivity index (χ1n) is 8.07. The summed E-state index contributed by atoms with van der Waals surface area (Å²) in [6.45, 7) is 1.70. The molecule has 1 atom stereocenters. The van der Waals surface area contributed by atoms with Gasteiger partial charge in [0.05, 0.1) is 11.1 Å². The lowest BCUT2D eigenvalue weighted by Crippen LogP contribution is -2.34. The Labute approximate surface area is 140 Å². The molecule has 1 heterocycles. The molecule has 1 aliphatic carbocycles. The van der Waals surface area contributed by atoms with Crippen LogP contribution in [-0.4, -0.2) is 17.9 Å². The zero-order chi connectivity index (χ0) is 16.7. The predicted octanol–water partition coefficient (Wildman–Crippen LogP) is 3.08. The lowest BCUT2D eigenvalue weighted by atomic mass is 9.95. The fourth-order valence-corrected chi connectivity index (χ4v) is 3.07. The quantitative estimate of drug-likeness (QED) is 0.912. The number of carbonyl (C=O) groups is 2. The fourth-order valence-electron chi connectivity index (χ4n) is 3.07. The Balaban J connectivity index is 1.55. The second kappa shape index (κ2) is 5.37. The predicted molar refractivity (Wildman–Crippen MR) is 91.1 cm³/mol. The Morgan fingerprint density at radius 3 is 2.67 bits per heavy atom. The Morgan fingerprint density at radius 2 is 1.96 bits per heavy atom. The van der Waals surface area contributed by atoms with E-state index in [2.05, 4.69) is 10.6 Å². The van der Waals surface area contributed by atoms with Crippen LogP contribution >= 0.6 is 0 Å². The van der Waals surface area contributed by atoms with Crippen LogP contribution in [0.1, 0.15) is 25.3 Å². The Kier molecular flexibility index (Phi) is 3.30. The van der Waals surface area contributed by atoms with Crippen LogP contribution < -0.4 is 15.4 Å². The smallest absolute Gasteiger partial charge is 0.265 e. The zero-order valence-corrected chi connectivity index (χ0v) is 13.3. The molecule has 4 rings (SSSR count). The van der Waals surface area contributed by atoms with Gasteiger partial charge in [0, 0.05) is 5.69 Å². The molecule has 24 heavy (non-hydrogen) atoms. The van der Waals surface area contributed by atoms with E-state index < -0.39 is 11.5 Å². The van der Waals surface area contributed by atoms with Crippen molar-refractivity contribution in [3.05, 3.63) is 54.1 Å². The lowest BCUT2D eigenvalue weighted by molar-refractivity contribution is -0.122. The first kappa shape index (κ1) is 14.8. The molecule has 0 aromatic heterocycles. The van der Waals surface area contributed by atoms with Crippen molar-refractivity contribution in [1.82, 2.24) is 0 Å². The van der Waals surface area contributed by atoms with Gasteiger partial charge >= 0.3 is 0 Å². The number of hydrogen-bond donors (Lipinski definition) is 2. The number of fused-ring (bicyclic) bond motifs is 1. The Morgan fingerprint density at radius 1 is 1.21 bits per heavy atom. The molecule has 2 amide bonds. The first-order chi connectivity index (χ1) is 11.6. The summed E-state index contributed by atoms with van der Waals surface area (Å²) >= 11 is 0. The topological polar surface area (TPSA) is 67.4 Å². The van der Waals surface area contributed by atoms with Crippen molar-refractivity contribution in [2.45, 2.75) is 31.3 Å². The van der Waals surface area contributed by atoms with Crippen LogP contribution in [-0.2, 0) is 15.0 Å². The van der Waals surface area contributed by atoms with Gasteiger partial charge in [0.25, 0.3) is 5.91 Å². The highest BCUT2D eigenvalue weighted by molar-refractivity contribution is 6.03. The van der Waals surface area contributed by atoms with Gasteiger partial charge in [-0.25, -0.2) is 0 Å². The Hall–Kier alpha value is -2.82. The summed E-state index contributed by atoms with van der Waals surface area (Å²) in [5.74, 6) is 0.420. The molecule has 1 unspecified atom stereocenters. The van der Waals surface area contributed by atoms with Crippen LogP contribution in [0, 0.1) is 0 Å². The maximum Gasteiger partial charge on any atom is 0.265 e. The summed E-state index contributed by atoms with van der Waals surface area (Å²) in [6, 6.07) is 15.1. The zero-order valence-electron chi connectivity index (χ0n) is 13.3. The fraction of sp³-hybridized carbons (Fsp3) is 0.263. The summed E-state index contributed by atoms with van der Waals surface area (Å²) in [6.07, 6.45) is 1.20. The summed E-state index contributed by atoms with van der Waals surface area (Å²) < 4.78 is 5.53. The minimum absolute atomic E-state index is 0.00919. The number of ether oxygens (including phenoxy) is 1. The van der Waals surface area contributed by atoms with Crippen LogP contribution in [0.15, 0.2) is 48.5 Å². The summed E-state index contributed by atoms with van der Waals surface area (Å²) in [7, 11) is 0. The summed E-state index contributed by atoms with van der Waals surface area (Å²) in [5.41, 5.74) is 1.86. The average Bonchev–Trinajstić information content (AvgIpc) is 3.39. The van der Waals surface area contributed by atoms with E-state index in [1.165, 1.54) is 0 Å². The van der Waals surface area contributed by atoms with Gasteiger partial charge in [0.2, 0.25) is 5.91 Å². The molecule has 5 heteroatoms. The molecule has 2 aliphatic rings. The highest BCUT2D eigenvalue weighted by Crippen LogP contribution is 2.49. The maximum atomic E-state index is 12.8. The molecule has 2 N–H and O–H groups in total. The molecular weight excluding hydrogens is 304 g/mol. The van der Waals surface area contributed by atoms with Crippen molar-refractivity contribution in [2.24, 2.45) is 0 Å². The van der Waals surface area contributed by atoms with Crippen molar-refractivity contribution < 1.29 is 14.3 Å². The van der Waals surface area contributed by atoms with Crippen LogP contribution in [0.2, 0.25) is 0 Å². The molecular formula is C19H18N2O3. The van der Waals surface area contributed by atoms with E-state index in [1.54, 1.807) is 25.1 Å². The normalized spacial score (nSPS) is 20.4. The minimum Gasteiger partial charge on any atom is -0.479 e. The SMILES string of the molecule is CC1Oc2ccc(NC(=O)C3(c4ccccc4)CC3)cc2NC1=O. The van der Waals surface area contributed by atoms with Crippen LogP contribution in [0.4, 0.5) is 11.4 Å². The van der Waals surface area contributed by atoms with E-state index in [0.717, 1.165) is 18.4 Å². The van der Waals surface area contributed by atoms with Crippen LogP contribution in [0.3, 0.4) is 0 Å².